The van der Waals surface area contributed by atoms with E-state index in [1.54, 1.807) is 23.7 Å². The number of aryl methyl sites for hydroxylation is 2. The number of carboxylic acid groups (broad SMARTS) is 1. The van der Waals surface area contributed by atoms with E-state index in [1.807, 2.05) is 33.0 Å². The number of ether oxygens (including phenoxy) is 1. The summed E-state index contributed by atoms with van der Waals surface area (Å²) in [5.41, 5.74) is 3.91. The van der Waals surface area contributed by atoms with Gasteiger partial charge in [0.25, 0.3) is 5.91 Å². The van der Waals surface area contributed by atoms with E-state index in [0.29, 0.717) is 36.7 Å². The van der Waals surface area contributed by atoms with Crippen molar-refractivity contribution in [1.82, 2.24) is 15.1 Å². The second kappa shape index (κ2) is 10.8. The molecule has 0 fully saturated rings. The molecule has 0 aliphatic heterocycles. The average Bonchev–Trinajstić information content (AvgIpc) is 3.21. The number of aromatic nitrogens is 2. The molecule has 3 aromatic rings. The van der Waals surface area contributed by atoms with Crippen LogP contribution in [0.5, 0.6) is 5.75 Å². The maximum Gasteiger partial charge on any atom is 0.347 e. The topological polar surface area (TPSA) is 93.5 Å². The first kappa shape index (κ1) is 26.0. The van der Waals surface area contributed by atoms with E-state index in [4.69, 9.17) is 4.74 Å². The molecule has 3 rings (SSSR count). The third-order valence-corrected chi connectivity index (χ3v) is 6.19. The van der Waals surface area contributed by atoms with Crippen LogP contribution in [0.15, 0.2) is 48.5 Å². The average molecular weight is 478 g/mol. The first-order chi connectivity index (χ1) is 16.5. The fourth-order valence-corrected chi connectivity index (χ4v) is 4.02. The molecule has 0 bridgehead atoms. The number of nitrogens with one attached hydrogen (secondary N) is 1. The predicted octanol–water partition coefficient (Wildman–Crippen LogP) is 5.47. The van der Waals surface area contributed by atoms with Crippen LogP contribution in [0.3, 0.4) is 0 Å². The van der Waals surface area contributed by atoms with Crippen LogP contribution in [0.1, 0.15) is 73.6 Å². The van der Waals surface area contributed by atoms with Crippen LogP contribution < -0.4 is 10.1 Å². The lowest BCUT2D eigenvalue weighted by atomic mass is 10.00. The minimum Gasteiger partial charge on any atom is -0.478 e. The van der Waals surface area contributed by atoms with Crippen molar-refractivity contribution in [2.24, 2.45) is 7.05 Å². The Hall–Kier alpha value is -3.61. The van der Waals surface area contributed by atoms with Crippen LogP contribution >= 0.6 is 0 Å². The van der Waals surface area contributed by atoms with Gasteiger partial charge >= 0.3 is 5.97 Å². The van der Waals surface area contributed by atoms with Crippen molar-refractivity contribution in [1.29, 1.82) is 0 Å². The molecule has 7 nitrogen and oxygen atoms in total. The fraction of sp³-hybridized carbons (Fsp3) is 0.393. The second-order valence-corrected chi connectivity index (χ2v) is 9.49. The van der Waals surface area contributed by atoms with Crippen LogP contribution in [0.25, 0.3) is 11.3 Å². The fourth-order valence-electron chi connectivity index (χ4n) is 4.02. The van der Waals surface area contributed by atoms with E-state index in [-0.39, 0.29) is 5.91 Å². The molecule has 1 atom stereocenters. The number of carbonyl (C=O) groups is 2. The van der Waals surface area contributed by atoms with Gasteiger partial charge in [0.2, 0.25) is 5.60 Å². The standard InChI is InChI=1S/C28H35N3O4/c1-7-14-28(5,27(33)34)35-25-13-8-20(15-19(25)4)17-29-26(32)23-16-24(31(6)30-23)22-11-9-21(10-12-22)18(2)3/h8-13,15-16,18H,7,14,17H2,1-6H3,(H,29,32)(H,33,34). The molecule has 2 aromatic carbocycles. The molecule has 7 heteroatoms. The van der Waals surface area contributed by atoms with Gasteiger partial charge in [-0.25, -0.2) is 4.79 Å². The van der Waals surface area contributed by atoms with Gasteiger partial charge in [0.1, 0.15) is 5.75 Å². The minimum absolute atomic E-state index is 0.259. The lowest BCUT2D eigenvalue weighted by Crippen LogP contribution is -2.41. The molecule has 1 amide bonds. The number of nitrogens with zero attached hydrogens (tertiary/aromatic N) is 2. The number of benzene rings is 2. The third-order valence-electron chi connectivity index (χ3n) is 6.19. The molecule has 35 heavy (non-hydrogen) atoms. The lowest BCUT2D eigenvalue weighted by Gasteiger charge is -2.27. The monoisotopic (exact) mass is 477 g/mol. The van der Waals surface area contributed by atoms with Crippen LogP contribution in [0, 0.1) is 6.92 Å². The van der Waals surface area contributed by atoms with Crippen LogP contribution in [0.2, 0.25) is 0 Å². The van der Waals surface area contributed by atoms with E-state index in [2.05, 4.69) is 48.5 Å². The highest BCUT2D eigenvalue weighted by molar-refractivity contribution is 5.93. The van der Waals surface area contributed by atoms with Crippen molar-refractivity contribution in [3.05, 3.63) is 70.9 Å². The molecule has 1 unspecified atom stereocenters. The van der Waals surface area contributed by atoms with Gasteiger partial charge in [0.15, 0.2) is 5.69 Å². The number of hydrogen-bond donors (Lipinski definition) is 2. The molecule has 1 aromatic heterocycles. The highest BCUT2D eigenvalue weighted by Gasteiger charge is 2.35. The summed E-state index contributed by atoms with van der Waals surface area (Å²) in [6.07, 6.45) is 1.11. The zero-order valence-corrected chi connectivity index (χ0v) is 21.4. The van der Waals surface area contributed by atoms with Crippen molar-refractivity contribution in [3.8, 4) is 17.0 Å². The molecule has 0 radical (unpaired) electrons. The van der Waals surface area contributed by atoms with Gasteiger partial charge < -0.3 is 15.2 Å². The first-order valence-corrected chi connectivity index (χ1v) is 12.0. The summed E-state index contributed by atoms with van der Waals surface area (Å²) in [7, 11) is 1.83. The molecular weight excluding hydrogens is 442 g/mol. The van der Waals surface area contributed by atoms with Crippen molar-refractivity contribution >= 4 is 11.9 Å². The maximum absolute atomic E-state index is 12.8. The normalized spacial score (nSPS) is 12.9. The zero-order chi connectivity index (χ0) is 25.8. The molecule has 0 saturated heterocycles. The highest BCUT2D eigenvalue weighted by Crippen LogP contribution is 2.27. The van der Waals surface area contributed by atoms with E-state index in [0.717, 1.165) is 22.4 Å². The summed E-state index contributed by atoms with van der Waals surface area (Å²) in [6.45, 7) is 10.0. The summed E-state index contributed by atoms with van der Waals surface area (Å²) >= 11 is 0. The number of amides is 1. The number of carbonyl (C=O) groups excluding carboxylic acids is 1. The Morgan fingerprint density at radius 1 is 1.14 bits per heavy atom. The smallest absolute Gasteiger partial charge is 0.347 e. The Morgan fingerprint density at radius 2 is 1.83 bits per heavy atom. The van der Waals surface area contributed by atoms with Crippen molar-refractivity contribution < 1.29 is 19.4 Å². The summed E-state index contributed by atoms with van der Waals surface area (Å²) in [6, 6.07) is 15.6. The minimum atomic E-state index is -1.28. The number of rotatable bonds is 10. The Morgan fingerprint density at radius 3 is 2.40 bits per heavy atom. The van der Waals surface area contributed by atoms with Crippen LogP contribution in [0.4, 0.5) is 0 Å². The quantitative estimate of drug-likeness (QED) is 0.404. The van der Waals surface area contributed by atoms with Crippen molar-refractivity contribution in [2.75, 3.05) is 0 Å². The Labute approximate surface area is 207 Å². The van der Waals surface area contributed by atoms with Gasteiger partial charge in [-0.1, -0.05) is 63.6 Å². The second-order valence-electron chi connectivity index (χ2n) is 9.49. The molecule has 0 saturated carbocycles. The largest absolute Gasteiger partial charge is 0.478 e. The van der Waals surface area contributed by atoms with Gasteiger partial charge in [-0.2, -0.15) is 5.10 Å². The third kappa shape index (κ3) is 6.10. The van der Waals surface area contributed by atoms with E-state index >= 15 is 0 Å². The SMILES string of the molecule is CCCC(C)(Oc1ccc(CNC(=O)c2cc(-c3ccc(C(C)C)cc3)n(C)n2)cc1C)C(=O)O. The Balaban J connectivity index is 1.67. The van der Waals surface area contributed by atoms with E-state index in [1.165, 1.54) is 5.56 Å². The highest BCUT2D eigenvalue weighted by atomic mass is 16.5. The summed E-state index contributed by atoms with van der Waals surface area (Å²) in [5.74, 6) is -0.263. The van der Waals surface area contributed by atoms with Gasteiger partial charge in [-0.3, -0.25) is 9.48 Å². The number of carboxylic acids is 1. The van der Waals surface area contributed by atoms with Gasteiger partial charge in [-0.05, 0) is 60.6 Å². The molecule has 0 aliphatic rings. The molecule has 186 valence electrons. The number of hydrogen-bond acceptors (Lipinski definition) is 4. The summed E-state index contributed by atoms with van der Waals surface area (Å²) in [4.78, 5) is 24.5. The number of aliphatic carboxylic acids is 1. The van der Waals surface area contributed by atoms with Crippen molar-refractivity contribution in [2.45, 2.75) is 65.5 Å². The van der Waals surface area contributed by atoms with Crippen molar-refractivity contribution in [3.63, 3.8) is 0 Å². The maximum atomic E-state index is 12.8. The molecule has 0 spiro atoms. The summed E-state index contributed by atoms with van der Waals surface area (Å²) in [5, 5.41) is 16.9. The van der Waals surface area contributed by atoms with E-state index < -0.39 is 11.6 Å². The summed E-state index contributed by atoms with van der Waals surface area (Å²) < 4.78 is 7.58. The first-order valence-electron chi connectivity index (χ1n) is 12.0. The van der Waals surface area contributed by atoms with Gasteiger partial charge in [0, 0.05) is 13.6 Å². The van der Waals surface area contributed by atoms with Crippen LogP contribution in [-0.4, -0.2) is 32.4 Å². The molecule has 0 aliphatic carbocycles. The molecular formula is C28H35N3O4. The molecule has 2 N–H and O–H groups in total. The van der Waals surface area contributed by atoms with Gasteiger partial charge in [0.05, 0.1) is 5.69 Å². The Kier molecular flexibility index (Phi) is 7.99. The Bertz CT molecular complexity index is 1200. The lowest BCUT2D eigenvalue weighted by molar-refractivity contribution is -0.154. The van der Waals surface area contributed by atoms with Gasteiger partial charge in [-0.15, -0.1) is 0 Å². The predicted molar refractivity (Wildman–Crippen MR) is 137 cm³/mol. The van der Waals surface area contributed by atoms with E-state index in [9.17, 15) is 14.7 Å². The van der Waals surface area contributed by atoms with Crippen LogP contribution in [-0.2, 0) is 18.4 Å². The zero-order valence-electron chi connectivity index (χ0n) is 21.4. The molecule has 1 heterocycles.